The number of ether oxygens (including phenoxy) is 2. The summed E-state index contributed by atoms with van der Waals surface area (Å²) in [6.45, 7) is 3.93. The monoisotopic (exact) mass is 377 g/mol. The molecule has 0 aliphatic rings. The smallest absolute Gasteiger partial charge is 0.340 e. The van der Waals surface area contributed by atoms with Gasteiger partial charge in [-0.3, -0.25) is 0 Å². The Labute approximate surface area is 151 Å². The lowest BCUT2D eigenvalue weighted by Gasteiger charge is -2.08. The van der Waals surface area contributed by atoms with Gasteiger partial charge in [0.2, 0.25) is 0 Å². The molecular weight excluding hydrogens is 362 g/mol. The second kappa shape index (κ2) is 7.16. The zero-order valence-electron chi connectivity index (χ0n) is 13.8. The van der Waals surface area contributed by atoms with E-state index in [1.54, 1.807) is 18.4 Å². The first-order valence-electron chi connectivity index (χ1n) is 7.40. The predicted molar refractivity (Wildman–Crippen MR) is 97.0 cm³/mol. The van der Waals surface area contributed by atoms with Crippen LogP contribution in [0.25, 0.3) is 10.2 Å². The van der Waals surface area contributed by atoms with E-state index >= 15 is 0 Å². The van der Waals surface area contributed by atoms with Crippen LogP contribution in [0.2, 0.25) is 0 Å². The van der Waals surface area contributed by atoms with E-state index in [0.717, 1.165) is 4.88 Å². The van der Waals surface area contributed by atoms with Crippen LogP contribution >= 0.6 is 22.7 Å². The number of methoxy groups -OCH3 is 1. The van der Waals surface area contributed by atoms with Crippen LogP contribution in [0.3, 0.4) is 0 Å². The van der Waals surface area contributed by atoms with E-state index in [1.807, 2.05) is 6.92 Å². The van der Waals surface area contributed by atoms with Gasteiger partial charge in [0.05, 0.1) is 30.2 Å². The number of hydrogen-bond donors (Lipinski definition) is 1. The highest BCUT2D eigenvalue weighted by Gasteiger charge is 2.21. The van der Waals surface area contributed by atoms with E-state index in [4.69, 9.17) is 9.47 Å². The molecule has 0 saturated carbocycles. The fraction of sp³-hybridized carbons (Fsp3) is 0.250. The molecule has 1 N–H and O–H groups in total. The number of esters is 2. The summed E-state index contributed by atoms with van der Waals surface area (Å²) in [5.41, 5.74) is 0.822. The molecule has 0 spiro atoms. The molecule has 0 atom stereocenters. The Morgan fingerprint density at radius 1 is 1.24 bits per heavy atom. The Hall–Kier alpha value is -2.52. The molecule has 0 aliphatic carbocycles. The molecule has 3 heterocycles. The van der Waals surface area contributed by atoms with Gasteiger partial charge in [-0.25, -0.2) is 19.6 Å². The van der Waals surface area contributed by atoms with Crippen molar-refractivity contribution in [3.63, 3.8) is 0 Å². The van der Waals surface area contributed by atoms with Crippen molar-refractivity contribution >= 4 is 55.6 Å². The van der Waals surface area contributed by atoms with Gasteiger partial charge in [0, 0.05) is 10.3 Å². The van der Waals surface area contributed by atoms with Gasteiger partial charge in [-0.05, 0) is 19.9 Å². The van der Waals surface area contributed by atoms with Gasteiger partial charge < -0.3 is 14.8 Å². The van der Waals surface area contributed by atoms with Gasteiger partial charge >= 0.3 is 11.9 Å². The number of rotatable bonds is 5. The van der Waals surface area contributed by atoms with Crippen LogP contribution in [-0.2, 0) is 9.47 Å². The first kappa shape index (κ1) is 17.3. The number of anilines is 2. The normalized spacial score (nSPS) is 10.7. The molecule has 0 radical (unpaired) electrons. The maximum absolute atomic E-state index is 12.2. The topological polar surface area (TPSA) is 90.4 Å². The highest BCUT2D eigenvalue weighted by atomic mass is 32.1. The molecule has 9 heteroatoms. The molecule has 3 aromatic rings. The van der Waals surface area contributed by atoms with E-state index in [2.05, 4.69) is 15.3 Å². The molecule has 3 aromatic heterocycles. The van der Waals surface area contributed by atoms with E-state index < -0.39 is 11.9 Å². The predicted octanol–water partition coefficient (Wildman–Crippen LogP) is 3.77. The van der Waals surface area contributed by atoms with Gasteiger partial charge in [-0.2, -0.15) is 0 Å². The summed E-state index contributed by atoms with van der Waals surface area (Å²) in [6, 6.07) is 1.75. The summed E-state index contributed by atoms with van der Waals surface area (Å²) in [7, 11) is 1.33. The highest BCUT2D eigenvalue weighted by molar-refractivity contribution is 7.17. The fourth-order valence-electron chi connectivity index (χ4n) is 2.31. The van der Waals surface area contributed by atoms with Gasteiger partial charge in [-0.1, -0.05) is 0 Å². The van der Waals surface area contributed by atoms with Crippen LogP contribution < -0.4 is 5.32 Å². The third-order valence-electron chi connectivity index (χ3n) is 3.36. The molecule has 130 valence electrons. The number of carbonyl (C=O) groups excluding carboxylic acids is 2. The van der Waals surface area contributed by atoms with Crippen LogP contribution in [0.4, 0.5) is 10.8 Å². The van der Waals surface area contributed by atoms with Crippen molar-refractivity contribution in [2.24, 2.45) is 0 Å². The molecule has 0 fully saturated rings. The summed E-state index contributed by atoms with van der Waals surface area (Å²) < 4.78 is 9.91. The summed E-state index contributed by atoms with van der Waals surface area (Å²) >= 11 is 2.74. The first-order valence-corrected chi connectivity index (χ1v) is 9.09. The van der Waals surface area contributed by atoms with Gasteiger partial charge in [0.25, 0.3) is 0 Å². The van der Waals surface area contributed by atoms with E-state index in [1.165, 1.54) is 36.1 Å². The minimum absolute atomic E-state index is 0.281. The number of aryl methyl sites for hydroxylation is 1. The van der Waals surface area contributed by atoms with Crippen molar-refractivity contribution in [1.82, 2.24) is 9.97 Å². The zero-order valence-corrected chi connectivity index (χ0v) is 15.4. The third kappa shape index (κ3) is 3.33. The Bertz CT molecular complexity index is 948. The number of hydrogen-bond acceptors (Lipinski definition) is 9. The van der Waals surface area contributed by atoms with Crippen molar-refractivity contribution < 1.29 is 19.1 Å². The lowest BCUT2D eigenvalue weighted by Crippen LogP contribution is -2.06. The van der Waals surface area contributed by atoms with E-state index in [-0.39, 0.29) is 6.61 Å². The number of thiophene rings is 2. The quantitative estimate of drug-likeness (QED) is 0.677. The Kier molecular flexibility index (Phi) is 4.95. The largest absolute Gasteiger partial charge is 0.465 e. The molecule has 7 nitrogen and oxygen atoms in total. The molecule has 0 aromatic carbocycles. The molecule has 0 saturated heterocycles. The third-order valence-corrected chi connectivity index (χ3v) is 5.21. The molecule has 0 bridgehead atoms. The second-order valence-corrected chi connectivity index (χ2v) is 7.10. The lowest BCUT2D eigenvalue weighted by atomic mass is 10.2. The number of aromatic nitrogens is 2. The van der Waals surface area contributed by atoms with E-state index in [0.29, 0.717) is 32.2 Å². The van der Waals surface area contributed by atoms with Crippen LogP contribution in [0.5, 0.6) is 0 Å². The molecule has 0 unspecified atom stereocenters. The maximum atomic E-state index is 12.2. The lowest BCUT2D eigenvalue weighted by molar-refractivity contribution is 0.0528. The fourth-order valence-corrected chi connectivity index (χ4v) is 4.08. The molecule has 25 heavy (non-hydrogen) atoms. The Morgan fingerprint density at radius 2 is 2.04 bits per heavy atom. The van der Waals surface area contributed by atoms with Gasteiger partial charge in [-0.15, -0.1) is 22.7 Å². The second-order valence-electron chi connectivity index (χ2n) is 4.99. The standard InChI is InChI=1S/C16H15N3O4S2/c1-4-23-16(21)10-6-24-14-11(10)12(17-7-18-14)19-13-9(15(20)22-3)5-8(2)25-13/h5-7H,4H2,1-3H3,(H,17,18,19). The maximum Gasteiger partial charge on any atom is 0.340 e. The zero-order chi connectivity index (χ0) is 18.0. The van der Waals surface area contributed by atoms with Crippen molar-refractivity contribution in [1.29, 1.82) is 0 Å². The summed E-state index contributed by atoms with van der Waals surface area (Å²) in [5, 5.41) is 6.02. The van der Waals surface area contributed by atoms with Crippen molar-refractivity contribution in [2.75, 3.05) is 19.0 Å². The van der Waals surface area contributed by atoms with Crippen molar-refractivity contribution in [2.45, 2.75) is 13.8 Å². The average Bonchev–Trinajstić information content (AvgIpc) is 3.18. The molecule has 0 amide bonds. The highest BCUT2D eigenvalue weighted by Crippen LogP contribution is 2.35. The van der Waals surface area contributed by atoms with Crippen LogP contribution in [0, 0.1) is 6.92 Å². The average molecular weight is 377 g/mol. The number of carbonyl (C=O) groups is 2. The first-order chi connectivity index (χ1) is 12.0. The van der Waals surface area contributed by atoms with Gasteiger partial charge in [0.1, 0.15) is 22.0 Å². The Morgan fingerprint density at radius 3 is 2.76 bits per heavy atom. The SMILES string of the molecule is CCOC(=O)c1csc2ncnc(Nc3sc(C)cc3C(=O)OC)c12. The van der Waals surface area contributed by atoms with E-state index in [9.17, 15) is 9.59 Å². The number of nitrogens with one attached hydrogen (secondary N) is 1. The van der Waals surface area contributed by atoms with Crippen LogP contribution in [-0.4, -0.2) is 35.6 Å². The van der Waals surface area contributed by atoms with Crippen molar-refractivity contribution in [3.8, 4) is 0 Å². The summed E-state index contributed by atoms with van der Waals surface area (Å²) in [6.07, 6.45) is 1.41. The number of nitrogens with zero attached hydrogens (tertiary/aromatic N) is 2. The summed E-state index contributed by atoms with van der Waals surface area (Å²) in [4.78, 5) is 34.2. The summed E-state index contributed by atoms with van der Waals surface area (Å²) in [5.74, 6) is -0.420. The minimum atomic E-state index is -0.437. The molecule has 0 aliphatic heterocycles. The minimum Gasteiger partial charge on any atom is -0.465 e. The molecular formula is C16H15N3O4S2. The van der Waals surface area contributed by atoms with Crippen LogP contribution in [0.1, 0.15) is 32.5 Å². The van der Waals surface area contributed by atoms with Crippen molar-refractivity contribution in [3.05, 3.63) is 33.8 Å². The Balaban J connectivity index is 2.07. The number of fused-ring (bicyclic) bond motifs is 1. The van der Waals surface area contributed by atoms with Gasteiger partial charge in [0.15, 0.2) is 0 Å². The molecule has 3 rings (SSSR count). The van der Waals surface area contributed by atoms with Crippen LogP contribution in [0.15, 0.2) is 17.8 Å².